The number of nitrogens with zero attached hydrogens (tertiary/aromatic N) is 2. The summed E-state index contributed by atoms with van der Waals surface area (Å²) in [4.78, 5) is 6.67. The van der Waals surface area contributed by atoms with Gasteiger partial charge in [0.05, 0.1) is 0 Å². The van der Waals surface area contributed by atoms with Crippen molar-refractivity contribution in [2.75, 3.05) is 26.7 Å². The Bertz CT molecular complexity index is 352. The van der Waals surface area contributed by atoms with Gasteiger partial charge in [-0.1, -0.05) is 19.4 Å². The fourth-order valence-corrected chi connectivity index (χ4v) is 3.41. The fraction of sp³-hybridized carbons (Fsp3) is 0.688. The van der Waals surface area contributed by atoms with Gasteiger partial charge in [-0.15, -0.1) is 0 Å². The molecule has 0 spiro atoms. The number of hydrogen-bond acceptors (Lipinski definition) is 3. The predicted octanol–water partition coefficient (Wildman–Crippen LogP) is 2.68. The van der Waals surface area contributed by atoms with Crippen molar-refractivity contribution in [1.82, 2.24) is 15.2 Å². The minimum absolute atomic E-state index is 0.525. The molecule has 1 aromatic heterocycles. The second kappa shape index (κ2) is 7.01. The average molecular weight is 261 g/mol. The van der Waals surface area contributed by atoms with Gasteiger partial charge < -0.3 is 10.2 Å². The first-order chi connectivity index (χ1) is 9.24. The van der Waals surface area contributed by atoms with Crippen LogP contribution >= 0.6 is 0 Å². The van der Waals surface area contributed by atoms with Crippen LogP contribution in [0.2, 0.25) is 0 Å². The number of nitrogens with one attached hydrogen (secondary N) is 1. The van der Waals surface area contributed by atoms with Crippen molar-refractivity contribution in [3.05, 3.63) is 30.1 Å². The molecule has 0 atom stereocenters. The van der Waals surface area contributed by atoms with Gasteiger partial charge in [-0.3, -0.25) is 4.98 Å². The molecule has 2 rings (SSSR count). The molecule has 1 aliphatic rings. The van der Waals surface area contributed by atoms with E-state index in [1.165, 1.54) is 50.9 Å². The molecule has 0 aromatic carbocycles. The Balaban J connectivity index is 1.93. The highest BCUT2D eigenvalue weighted by molar-refractivity contribution is 5.08. The lowest BCUT2D eigenvalue weighted by molar-refractivity contribution is 0.112. The van der Waals surface area contributed by atoms with Crippen LogP contribution in [-0.4, -0.2) is 36.6 Å². The third-order valence-corrected chi connectivity index (χ3v) is 4.23. The summed E-state index contributed by atoms with van der Waals surface area (Å²) in [5.41, 5.74) is 1.84. The molecule has 3 heteroatoms. The zero-order valence-corrected chi connectivity index (χ0v) is 12.4. The average Bonchev–Trinajstić information content (AvgIpc) is 2.40. The smallest absolute Gasteiger partial charge is 0.0312 e. The topological polar surface area (TPSA) is 28.2 Å². The lowest BCUT2D eigenvalue weighted by atomic mass is 9.75. The fourth-order valence-electron chi connectivity index (χ4n) is 3.41. The monoisotopic (exact) mass is 261 g/mol. The number of pyridine rings is 1. The lowest BCUT2D eigenvalue weighted by Gasteiger charge is -2.40. The quantitative estimate of drug-likeness (QED) is 0.853. The van der Waals surface area contributed by atoms with Crippen LogP contribution in [0.3, 0.4) is 0 Å². The number of piperidine rings is 1. The van der Waals surface area contributed by atoms with Gasteiger partial charge in [0.1, 0.15) is 0 Å². The first-order valence-corrected chi connectivity index (χ1v) is 7.52. The molecule has 0 radical (unpaired) electrons. The van der Waals surface area contributed by atoms with Gasteiger partial charge in [0.2, 0.25) is 0 Å². The van der Waals surface area contributed by atoms with Gasteiger partial charge >= 0.3 is 0 Å². The second-order valence-electron chi connectivity index (χ2n) is 6.03. The molecular formula is C16H27N3. The van der Waals surface area contributed by atoms with Gasteiger partial charge in [0.25, 0.3) is 0 Å². The van der Waals surface area contributed by atoms with Crippen LogP contribution in [0.5, 0.6) is 0 Å². The van der Waals surface area contributed by atoms with Crippen molar-refractivity contribution in [1.29, 1.82) is 0 Å². The van der Waals surface area contributed by atoms with Crippen LogP contribution in [-0.2, 0) is 6.54 Å². The summed E-state index contributed by atoms with van der Waals surface area (Å²) in [5, 5.41) is 3.49. The minimum atomic E-state index is 0.525. The Morgan fingerprint density at radius 1 is 1.37 bits per heavy atom. The Hall–Kier alpha value is -0.930. The molecule has 0 unspecified atom stereocenters. The van der Waals surface area contributed by atoms with E-state index in [-0.39, 0.29) is 0 Å². The summed E-state index contributed by atoms with van der Waals surface area (Å²) < 4.78 is 0. The molecule has 1 saturated heterocycles. The van der Waals surface area contributed by atoms with E-state index >= 15 is 0 Å². The van der Waals surface area contributed by atoms with Gasteiger partial charge in [-0.25, -0.2) is 0 Å². The Labute approximate surface area is 117 Å². The van der Waals surface area contributed by atoms with Crippen molar-refractivity contribution in [2.24, 2.45) is 5.41 Å². The van der Waals surface area contributed by atoms with Crippen LogP contribution < -0.4 is 5.32 Å². The molecule has 0 amide bonds. The van der Waals surface area contributed by atoms with E-state index in [4.69, 9.17) is 0 Å². The molecule has 19 heavy (non-hydrogen) atoms. The first-order valence-electron chi connectivity index (χ1n) is 7.52. The van der Waals surface area contributed by atoms with Crippen molar-refractivity contribution in [3.63, 3.8) is 0 Å². The highest BCUT2D eigenvalue weighted by Crippen LogP contribution is 2.34. The molecule has 1 aliphatic heterocycles. The Kier molecular flexibility index (Phi) is 5.34. The van der Waals surface area contributed by atoms with Crippen LogP contribution in [0.15, 0.2) is 24.5 Å². The third-order valence-electron chi connectivity index (χ3n) is 4.23. The summed E-state index contributed by atoms with van der Waals surface area (Å²) in [6.45, 7) is 6.89. The normalized spacial score (nSPS) is 18.7. The van der Waals surface area contributed by atoms with E-state index in [9.17, 15) is 0 Å². The highest BCUT2D eigenvalue weighted by atomic mass is 15.1. The third kappa shape index (κ3) is 4.29. The van der Waals surface area contributed by atoms with Crippen molar-refractivity contribution >= 4 is 0 Å². The van der Waals surface area contributed by atoms with E-state index in [0.29, 0.717) is 5.41 Å². The maximum Gasteiger partial charge on any atom is 0.0312 e. The van der Waals surface area contributed by atoms with Gasteiger partial charge in [0, 0.05) is 25.5 Å². The molecular weight excluding hydrogens is 234 g/mol. The van der Waals surface area contributed by atoms with Crippen molar-refractivity contribution in [2.45, 2.75) is 39.2 Å². The molecule has 0 aliphatic carbocycles. The van der Waals surface area contributed by atoms with Crippen molar-refractivity contribution in [3.8, 4) is 0 Å². The summed E-state index contributed by atoms with van der Waals surface area (Å²) in [6.07, 6.45) is 9.10. The maximum atomic E-state index is 4.20. The Morgan fingerprint density at radius 3 is 2.79 bits per heavy atom. The molecule has 1 fully saturated rings. The van der Waals surface area contributed by atoms with Gasteiger partial charge in [-0.05, 0) is 56.4 Å². The van der Waals surface area contributed by atoms with Gasteiger partial charge in [-0.2, -0.15) is 0 Å². The van der Waals surface area contributed by atoms with E-state index in [0.717, 1.165) is 6.54 Å². The first kappa shape index (κ1) is 14.5. The van der Waals surface area contributed by atoms with Crippen LogP contribution in [0.1, 0.15) is 38.2 Å². The van der Waals surface area contributed by atoms with Crippen LogP contribution in [0, 0.1) is 5.41 Å². The maximum absolute atomic E-state index is 4.20. The predicted molar refractivity (Wildman–Crippen MR) is 80.0 cm³/mol. The summed E-state index contributed by atoms with van der Waals surface area (Å²) in [6, 6.07) is 4.19. The van der Waals surface area contributed by atoms with E-state index in [1.807, 2.05) is 18.5 Å². The summed E-state index contributed by atoms with van der Waals surface area (Å²) >= 11 is 0. The van der Waals surface area contributed by atoms with Gasteiger partial charge in [0.15, 0.2) is 0 Å². The molecule has 106 valence electrons. The Morgan fingerprint density at radius 2 is 2.16 bits per heavy atom. The largest absolute Gasteiger partial charge is 0.317 e. The molecule has 0 saturated carbocycles. The van der Waals surface area contributed by atoms with E-state index in [2.05, 4.69) is 35.2 Å². The number of aromatic nitrogens is 1. The van der Waals surface area contributed by atoms with Crippen LogP contribution in [0.25, 0.3) is 0 Å². The SMILES string of the molecule is CCCC1(CN(C)Cc2cccnc2)CCNCC1. The van der Waals surface area contributed by atoms with Crippen molar-refractivity contribution < 1.29 is 0 Å². The minimum Gasteiger partial charge on any atom is -0.317 e. The number of rotatable bonds is 6. The standard InChI is InChI=1S/C16H27N3/c1-3-6-16(7-10-17-11-8-16)14-19(2)13-15-5-4-9-18-12-15/h4-5,9,12,17H,3,6-8,10-11,13-14H2,1-2H3. The zero-order chi connectivity index (χ0) is 13.6. The second-order valence-corrected chi connectivity index (χ2v) is 6.03. The summed E-state index contributed by atoms with van der Waals surface area (Å²) in [7, 11) is 2.24. The molecule has 1 aromatic rings. The molecule has 3 nitrogen and oxygen atoms in total. The molecule has 2 heterocycles. The molecule has 0 bridgehead atoms. The van der Waals surface area contributed by atoms with Crippen LogP contribution in [0.4, 0.5) is 0 Å². The lowest BCUT2D eigenvalue weighted by Crippen LogP contribution is -2.43. The highest BCUT2D eigenvalue weighted by Gasteiger charge is 2.32. The van der Waals surface area contributed by atoms with E-state index in [1.54, 1.807) is 0 Å². The summed E-state index contributed by atoms with van der Waals surface area (Å²) in [5.74, 6) is 0. The number of hydrogen-bond donors (Lipinski definition) is 1. The zero-order valence-electron chi connectivity index (χ0n) is 12.4. The molecule has 1 N–H and O–H groups in total. The van der Waals surface area contributed by atoms with E-state index < -0.39 is 0 Å².